The molecule has 0 spiro atoms. The second-order valence-corrected chi connectivity index (χ2v) is 5.18. The molecular formula is C15H13BrFNO2. The molecule has 3 nitrogen and oxygen atoms in total. The van der Waals surface area contributed by atoms with Gasteiger partial charge in [-0.15, -0.1) is 0 Å². The lowest BCUT2D eigenvalue weighted by Gasteiger charge is -2.10. The van der Waals surface area contributed by atoms with Gasteiger partial charge in [-0.3, -0.25) is 4.79 Å². The van der Waals surface area contributed by atoms with Crippen LogP contribution in [-0.2, 0) is 0 Å². The number of benzene rings is 2. The number of rotatable bonds is 3. The Balaban J connectivity index is 2.25. The second-order valence-electron chi connectivity index (χ2n) is 4.26. The molecule has 2 aromatic carbocycles. The lowest BCUT2D eigenvalue weighted by Crippen LogP contribution is -2.13. The van der Waals surface area contributed by atoms with Gasteiger partial charge in [-0.05, 0) is 48.9 Å². The molecule has 0 aliphatic rings. The third-order valence-electron chi connectivity index (χ3n) is 2.82. The first-order valence-corrected chi connectivity index (χ1v) is 6.71. The summed E-state index contributed by atoms with van der Waals surface area (Å²) in [4.78, 5) is 12.2. The Bertz CT molecular complexity index is 658. The molecule has 0 saturated heterocycles. The molecule has 0 aliphatic carbocycles. The maximum Gasteiger partial charge on any atom is 0.259 e. The molecule has 0 fully saturated rings. The zero-order chi connectivity index (χ0) is 14.7. The summed E-state index contributed by atoms with van der Waals surface area (Å²) in [6, 6.07) is 9.56. The van der Waals surface area contributed by atoms with Gasteiger partial charge in [0.2, 0.25) is 0 Å². The summed E-state index contributed by atoms with van der Waals surface area (Å²) in [5.74, 6) is -0.139. The fourth-order valence-electron chi connectivity index (χ4n) is 1.77. The number of carbonyl (C=O) groups is 1. The van der Waals surface area contributed by atoms with Gasteiger partial charge in [0.25, 0.3) is 5.91 Å². The number of hydrogen-bond acceptors (Lipinski definition) is 2. The lowest BCUT2D eigenvalue weighted by atomic mass is 10.1. The molecular weight excluding hydrogens is 325 g/mol. The number of amides is 1. The van der Waals surface area contributed by atoms with E-state index in [4.69, 9.17) is 4.74 Å². The normalized spacial score (nSPS) is 10.2. The van der Waals surface area contributed by atoms with Crippen LogP contribution in [0.1, 0.15) is 15.9 Å². The molecule has 0 radical (unpaired) electrons. The third-order valence-corrected chi connectivity index (χ3v) is 3.32. The monoisotopic (exact) mass is 337 g/mol. The molecule has 0 atom stereocenters. The van der Waals surface area contributed by atoms with E-state index in [1.165, 1.54) is 19.2 Å². The molecule has 20 heavy (non-hydrogen) atoms. The maximum atomic E-state index is 13.2. The number of ether oxygens (including phenoxy) is 1. The van der Waals surface area contributed by atoms with Gasteiger partial charge >= 0.3 is 0 Å². The van der Waals surface area contributed by atoms with E-state index >= 15 is 0 Å². The summed E-state index contributed by atoms with van der Waals surface area (Å²) in [6.07, 6.45) is 0. The van der Waals surface area contributed by atoms with Crippen molar-refractivity contribution in [1.29, 1.82) is 0 Å². The first-order valence-electron chi connectivity index (χ1n) is 5.92. The average molecular weight is 338 g/mol. The summed E-state index contributed by atoms with van der Waals surface area (Å²) >= 11 is 3.32. The van der Waals surface area contributed by atoms with Gasteiger partial charge in [-0.2, -0.15) is 0 Å². The Morgan fingerprint density at radius 2 is 2.00 bits per heavy atom. The van der Waals surface area contributed by atoms with Crippen LogP contribution in [0.15, 0.2) is 40.9 Å². The summed E-state index contributed by atoms with van der Waals surface area (Å²) in [6.45, 7) is 1.64. The summed E-state index contributed by atoms with van der Waals surface area (Å²) in [7, 11) is 1.50. The maximum absolute atomic E-state index is 13.2. The van der Waals surface area contributed by atoms with Crippen LogP contribution < -0.4 is 10.1 Å². The van der Waals surface area contributed by atoms with E-state index < -0.39 is 0 Å². The van der Waals surface area contributed by atoms with Crippen molar-refractivity contribution in [2.45, 2.75) is 6.92 Å². The smallest absolute Gasteiger partial charge is 0.259 e. The van der Waals surface area contributed by atoms with Gasteiger partial charge in [0.15, 0.2) is 0 Å². The van der Waals surface area contributed by atoms with Gasteiger partial charge in [-0.25, -0.2) is 4.39 Å². The lowest BCUT2D eigenvalue weighted by molar-refractivity contribution is 0.102. The third kappa shape index (κ3) is 3.17. The van der Waals surface area contributed by atoms with E-state index in [-0.39, 0.29) is 11.7 Å². The highest BCUT2D eigenvalue weighted by atomic mass is 79.9. The average Bonchev–Trinajstić information content (AvgIpc) is 2.42. The summed E-state index contributed by atoms with van der Waals surface area (Å²) in [5, 5.41) is 2.72. The SMILES string of the molecule is COc1cc(Br)ccc1C(=O)Nc1ccc(F)c(C)c1. The van der Waals surface area contributed by atoms with Crippen molar-refractivity contribution in [3.8, 4) is 5.75 Å². The molecule has 0 aliphatic heterocycles. The fraction of sp³-hybridized carbons (Fsp3) is 0.133. The van der Waals surface area contributed by atoms with Crippen LogP contribution in [0.5, 0.6) is 5.75 Å². The van der Waals surface area contributed by atoms with Crippen molar-refractivity contribution in [3.63, 3.8) is 0 Å². The van der Waals surface area contributed by atoms with Crippen molar-refractivity contribution in [3.05, 3.63) is 57.8 Å². The molecule has 0 unspecified atom stereocenters. The van der Waals surface area contributed by atoms with Gasteiger partial charge in [0, 0.05) is 10.2 Å². The molecule has 0 heterocycles. The summed E-state index contributed by atoms with van der Waals surface area (Å²) < 4.78 is 19.2. The largest absolute Gasteiger partial charge is 0.496 e. The van der Waals surface area contributed by atoms with Crippen molar-refractivity contribution < 1.29 is 13.9 Å². The number of aryl methyl sites for hydroxylation is 1. The molecule has 0 saturated carbocycles. The number of methoxy groups -OCH3 is 1. The van der Waals surface area contributed by atoms with Crippen LogP contribution in [-0.4, -0.2) is 13.0 Å². The molecule has 2 aromatic rings. The summed E-state index contributed by atoms with van der Waals surface area (Å²) in [5.41, 5.74) is 1.43. The first-order chi connectivity index (χ1) is 9.51. The van der Waals surface area contributed by atoms with Gasteiger partial charge in [0.05, 0.1) is 12.7 Å². The Kier molecular flexibility index (Phi) is 4.39. The Labute approximate surface area is 124 Å². The second kappa shape index (κ2) is 6.05. The van der Waals surface area contributed by atoms with Crippen LogP contribution >= 0.6 is 15.9 Å². The number of nitrogens with one attached hydrogen (secondary N) is 1. The van der Waals surface area contributed by atoms with Crippen LogP contribution in [0.2, 0.25) is 0 Å². The minimum atomic E-state index is -0.305. The highest BCUT2D eigenvalue weighted by molar-refractivity contribution is 9.10. The van der Waals surface area contributed by atoms with E-state index in [0.29, 0.717) is 22.6 Å². The Morgan fingerprint density at radius 1 is 1.25 bits per heavy atom. The van der Waals surface area contributed by atoms with E-state index in [1.54, 1.807) is 31.2 Å². The van der Waals surface area contributed by atoms with E-state index in [9.17, 15) is 9.18 Å². The van der Waals surface area contributed by atoms with Crippen molar-refractivity contribution in [1.82, 2.24) is 0 Å². The highest BCUT2D eigenvalue weighted by Crippen LogP contribution is 2.24. The quantitative estimate of drug-likeness (QED) is 0.913. The zero-order valence-corrected chi connectivity index (χ0v) is 12.6. The van der Waals surface area contributed by atoms with Crippen LogP contribution in [0.25, 0.3) is 0 Å². The molecule has 0 bridgehead atoms. The Hall–Kier alpha value is -1.88. The topological polar surface area (TPSA) is 38.3 Å². The van der Waals surface area contributed by atoms with Crippen LogP contribution in [0.4, 0.5) is 10.1 Å². The molecule has 5 heteroatoms. The number of carbonyl (C=O) groups excluding carboxylic acids is 1. The van der Waals surface area contributed by atoms with Crippen LogP contribution in [0.3, 0.4) is 0 Å². The molecule has 1 amide bonds. The van der Waals surface area contributed by atoms with Crippen LogP contribution in [0, 0.1) is 12.7 Å². The Morgan fingerprint density at radius 3 is 2.65 bits per heavy atom. The molecule has 1 N–H and O–H groups in total. The standard InChI is InChI=1S/C15H13BrFNO2/c1-9-7-11(4-6-13(9)17)18-15(19)12-5-3-10(16)8-14(12)20-2/h3-8H,1-2H3,(H,18,19). The van der Waals surface area contributed by atoms with Crippen molar-refractivity contribution in [2.24, 2.45) is 0 Å². The fourth-order valence-corrected chi connectivity index (χ4v) is 2.11. The van der Waals surface area contributed by atoms with Gasteiger partial charge in [0.1, 0.15) is 11.6 Å². The van der Waals surface area contributed by atoms with Gasteiger partial charge < -0.3 is 10.1 Å². The molecule has 2 rings (SSSR count). The van der Waals surface area contributed by atoms with Gasteiger partial charge in [-0.1, -0.05) is 15.9 Å². The van der Waals surface area contributed by atoms with Crippen molar-refractivity contribution >= 4 is 27.5 Å². The number of halogens is 2. The van der Waals surface area contributed by atoms with E-state index in [0.717, 1.165) is 4.47 Å². The zero-order valence-electron chi connectivity index (χ0n) is 11.0. The number of hydrogen-bond donors (Lipinski definition) is 1. The predicted molar refractivity (Wildman–Crippen MR) is 79.8 cm³/mol. The van der Waals surface area contributed by atoms with E-state index in [1.807, 2.05) is 0 Å². The first kappa shape index (κ1) is 14.5. The molecule has 104 valence electrons. The minimum Gasteiger partial charge on any atom is -0.496 e. The highest BCUT2D eigenvalue weighted by Gasteiger charge is 2.13. The molecule has 0 aromatic heterocycles. The van der Waals surface area contributed by atoms with E-state index in [2.05, 4.69) is 21.2 Å². The van der Waals surface area contributed by atoms with Crippen molar-refractivity contribution in [2.75, 3.05) is 12.4 Å². The predicted octanol–water partition coefficient (Wildman–Crippen LogP) is 4.16. The minimum absolute atomic E-state index is 0.302. The number of anilines is 1.